The van der Waals surface area contributed by atoms with E-state index in [9.17, 15) is 13.2 Å². The van der Waals surface area contributed by atoms with E-state index in [2.05, 4.69) is 5.32 Å². The number of nitrogens with zero attached hydrogens (tertiary/aromatic N) is 2. The monoisotopic (exact) mass is 429 g/mol. The van der Waals surface area contributed by atoms with Gasteiger partial charge in [0.15, 0.2) is 0 Å². The smallest absolute Gasteiger partial charge is 0.243 e. The third-order valence-corrected chi connectivity index (χ3v) is 7.58. The van der Waals surface area contributed by atoms with Gasteiger partial charge in [-0.05, 0) is 55.7 Å². The molecular formula is C22H27N3O4S. The van der Waals surface area contributed by atoms with Gasteiger partial charge in [0.25, 0.3) is 0 Å². The van der Waals surface area contributed by atoms with Gasteiger partial charge in [-0.2, -0.15) is 4.31 Å². The van der Waals surface area contributed by atoms with Gasteiger partial charge in [-0.3, -0.25) is 4.79 Å². The molecule has 1 aromatic carbocycles. The van der Waals surface area contributed by atoms with Crippen molar-refractivity contribution in [2.24, 2.45) is 0 Å². The van der Waals surface area contributed by atoms with Gasteiger partial charge in [0.2, 0.25) is 15.9 Å². The van der Waals surface area contributed by atoms with Gasteiger partial charge in [-0.1, -0.05) is 13.3 Å². The molecule has 0 unspecified atom stereocenters. The molecule has 8 heteroatoms. The molecule has 1 aliphatic heterocycles. The summed E-state index contributed by atoms with van der Waals surface area (Å²) in [6.45, 7) is 3.45. The van der Waals surface area contributed by atoms with Gasteiger partial charge in [0.05, 0.1) is 17.7 Å². The largest absolute Gasteiger partial charge is 0.467 e. The minimum Gasteiger partial charge on any atom is -0.467 e. The Morgan fingerprint density at radius 2 is 1.97 bits per heavy atom. The predicted molar refractivity (Wildman–Crippen MR) is 114 cm³/mol. The number of nitrogens with one attached hydrogen (secondary N) is 1. The number of carbonyl (C=O) groups is 1. The zero-order valence-electron chi connectivity index (χ0n) is 17.1. The molecular weight excluding hydrogens is 402 g/mol. The SMILES string of the molecule is CC[C@@H](C(=O)NCc1ccco1)n1ccc2cc(S(=O)(=O)N3CCCCC3)ccc21. The van der Waals surface area contributed by atoms with Gasteiger partial charge in [-0.25, -0.2) is 8.42 Å². The molecule has 7 nitrogen and oxygen atoms in total. The summed E-state index contributed by atoms with van der Waals surface area (Å²) in [6, 6.07) is 10.2. The summed E-state index contributed by atoms with van der Waals surface area (Å²) >= 11 is 0. The summed E-state index contributed by atoms with van der Waals surface area (Å²) in [6.07, 6.45) is 6.93. The van der Waals surface area contributed by atoms with Crippen molar-refractivity contribution in [3.63, 3.8) is 0 Å². The highest BCUT2D eigenvalue weighted by molar-refractivity contribution is 7.89. The van der Waals surface area contributed by atoms with Crippen LogP contribution in [0.2, 0.25) is 0 Å². The molecule has 3 aromatic rings. The van der Waals surface area contributed by atoms with E-state index in [4.69, 9.17) is 4.42 Å². The van der Waals surface area contributed by atoms with Crippen molar-refractivity contribution in [3.8, 4) is 0 Å². The van der Waals surface area contributed by atoms with E-state index in [0.29, 0.717) is 36.7 Å². The Morgan fingerprint density at radius 1 is 1.17 bits per heavy atom. The number of aromatic nitrogens is 1. The molecule has 0 radical (unpaired) electrons. The normalized spacial score (nSPS) is 16.6. The van der Waals surface area contributed by atoms with Crippen LogP contribution in [0.3, 0.4) is 0 Å². The van der Waals surface area contributed by atoms with E-state index in [-0.39, 0.29) is 11.9 Å². The Balaban J connectivity index is 1.57. The van der Waals surface area contributed by atoms with Crippen LogP contribution in [0.5, 0.6) is 0 Å². The van der Waals surface area contributed by atoms with Crippen LogP contribution in [0, 0.1) is 0 Å². The number of fused-ring (bicyclic) bond motifs is 1. The minimum absolute atomic E-state index is 0.101. The highest BCUT2D eigenvalue weighted by Crippen LogP contribution is 2.27. The number of piperidine rings is 1. The van der Waals surface area contributed by atoms with Crippen LogP contribution in [0.1, 0.15) is 44.4 Å². The fraction of sp³-hybridized carbons (Fsp3) is 0.409. The number of hydrogen-bond acceptors (Lipinski definition) is 4. The maximum atomic E-state index is 13.0. The predicted octanol–water partition coefficient (Wildman–Crippen LogP) is 3.68. The highest BCUT2D eigenvalue weighted by Gasteiger charge is 2.27. The Kier molecular flexibility index (Phi) is 5.97. The van der Waals surface area contributed by atoms with Crippen molar-refractivity contribution in [3.05, 3.63) is 54.6 Å². The average molecular weight is 430 g/mol. The lowest BCUT2D eigenvalue weighted by Gasteiger charge is -2.26. The van der Waals surface area contributed by atoms with Crippen molar-refractivity contribution in [2.75, 3.05) is 13.1 Å². The van der Waals surface area contributed by atoms with Crippen LogP contribution in [0.25, 0.3) is 10.9 Å². The van der Waals surface area contributed by atoms with Crippen molar-refractivity contribution in [2.45, 2.75) is 50.1 Å². The number of sulfonamides is 1. The van der Waals surface area contributed by atoms with Crippen LogP contribution in [0.15, 0.2) is 58.2 Å². The Labute approximate surface area is 176 Å². The van der Waals surface area contributed by atoms with Crippen molar-refractivity contribution >= 4 is 26.8 Å². The molecule has 0 bridgehead atoms. The summed E-state index contributed by atoms with van der Waals surface area (Å²) in [5.74, 6) is 0.597. The van der Waals surface area contributed by atoms with Gasteiger partial charge < -0.3 is 14.3 Å². The zero-order valence-corrected chi connectivity index (χ0v) is 17.9. The number of carbonyl (C=O) groups excluding carboxylic acids is 1. The number of hydrogen-bond donors (Lipinski definition) is 1. The van der Waals surface area contributed by atoms with Crippen molar-refractivity contribution in [1.82, 2.24) is 14.2 Å². The summed E-state index contributed by atoms with van der Waals surface area (Å²) in [5.41, 5.74) is 0.840. The van der Waals surface area contributed by atoms with Crippen molar-refractivity contribution in [1.29, 1.82) is 0 Å². The lowest BCUT2D eigenvalue weighted by molar-refractivity contribution is -0.124. The molecule has 0 aliphatic carbocycles. The van der Waals surface area contributed by atoms with Gasteiger partial charge in [0, 0.05) is 30.2 Å². The third-order valence-electron chi connectivity index (χ3n) is 5.69. The molecule has 1 N–H and O–H groups in total. The Morgan fingerprint density at radius 3 is 2.67 bits per heavy atom. The molecule has 2 aromatic heterocycles. The summed E-state index contributed by atoms with van der Waals surface area (Å²) < 4.78 is 34.7. The topological polar surface area (TPSA) is 84.5 Å². The van der Waals surface area contributed by atoms with Crippen LogP contribution < -0.4 is 5.32 Å². The van der Waals surface area contributed by atoms with Crippen LogP contribution in [0.4, 0.5) is 0 Å². The van der Waals surface area contributed by atoms with E-state index in [1.165, 1.54) is 0 Å². The first-order valence-corrected chi connectivity index (χ1v) is 11.9. The van der Waals surface area contributed by atoms with Crippen LogP contribution >= 0.6 is 0 Å². The standard InChI is InChI=1S/C22H27N3O4S/c1-2-20(22(26)23-16-18-7-6-14-29-18)25-13-10-17-15-19(8-9-21(17)25)30(27,28)24-11-4-3-5-12-24/h6-10,13-15,20H,2-5,11-12,16H2,1H3,(H,23,26)/t20-/m0/s1. The highest BCUT2D eigenvalue weighted by atomic mass is 32.2. The maximum absolute atomic E-state index is 13.0. The first kappa shape index (κ1) is 20.7. The van der Waals surface area contributed by atoms with Crippen molar-refractivity contribution < 1.29 is 17.6 Å². The van der Waals surface area contributed by atoms with E-state index >= 15 is 0 Å². The van der Waals surface area contributed by atoms with Gasteiger partial charge in [-0.15, -0.1) is 0 Å². The molecule has 0 saturated carbocycles. The molecule has 1 amide bonds. The van der Waals surface area contributed by atoms with E-state index < -0.39 is 10.0 Å². The van der Waals surface area contributed by atoms with E-state index in [1.807, 2.05) is 29.8 Å². The molecule has 3 heterocycles. The first-order chi connectivity index (χ1) is 14.5. The molecule has 0 spiro atoms. The zero-order chi connectivity index (χ0) is 21.1. The molecule has 1 aliphatic rings. The third kappa shape index (κ3) is 4.02. The van der Waals surface area contributed by atoms with Gasteiger partial charge >= 0.3 is 0 Å². The molecule has 4 rings (SSSR count). The first-order valence-electron chi connectivity index (χ1n) is 10.4. The molecule has 160 valence electrons. The fourth-order valence-corrected chi connectivity index (χ4v) is 5.60. The van der Waals surface area contributed by atoms with Gasteiger partial charge in [0.1, 0.15) is 11.8 Å². The van der Waals surface area contributed by atoms with E-state index in [0.717, 1.165) is 30.2 Å². The number of furan rings is 1. The number of amides is 1. The molecule has 30 heavy (non-hydrogen) atoms. The fourth-order valence-electron chi connectivity index (χ4n) is 4.04. The quantitative estimate of drug-likeness (QED) is 0.621. The summed E-state index contributed by atoms with van der Waals surface area (Å²) in [7, 11) is -3.49. The second-order valence-corrected chi connectivity index (χ2v) is 9.57. The summed E-state index contributed by atoms with van der Waals surface area (Å²) in [4.78, 5) is 13.1. The van der Waals surface area contributed by atoms with Crippen LogP contribution in [-0.2, 0) is 21.4 Å². The minimum atomic E-state index is -3.49. The van der Waals surface area contributed by atoms with Crippen LogP contribution in [-0.4, -0.2) is 36.3 Å². The molecule has 1 atom stereocenters. The second-order valence-electron chi connectivity index (χ2n) is 7.63. The average Bonchev–Trinajstić information content (AvgIpc) is 3.43. The molecule has 1 saturated heterocycles. The lowest BCUT2D eigenvalue weighted by Crippen LogP contribution is -2.35. The van der Waals surface area contributed by atoms with E-state index in [1.54, 1.807) is 34.8 Å². The Bertz CT molecular complexity index is 1110. The summed E-state index contributed by atoms with van der Waals surface area (Å²) in [5, 5.41) is 3.72. The lowest BCUT2D eigenvalue weighted by atomic mass is 10.2. The number of rotatable bonds is 7. The number of benzene rings is 1. The maximum Gasteiger partial charge on any atom is 0.243 e. The Hall–Kier alpha value is -2.58. The molecule has 1 fully saturated rings. The second kappa shape index (κ2) is 8.65.